The Bertz CT molecular complexity index is 136. The van der Waals surface area contributed by atoms with Crippen molar-refractivity contribution >= 4 is 11.8 Å². The second kappa shape index (κ2) is 4.51. The third-order valence-corrected chi connectivity index (χ3v) is 1.13. The lowest BCUT2D eigenvalue weighted by Gasteiger charge is -2.14. The molecule has 0 rings (SSSR count). The van der Waals surface area contributed by atoms with Crippen LogP contribution in [-0.4, -0.2) is 11.4 Å². The second-order valence-electron chi connectivity index (χ2n) is 2.85. The first-order valence-electron chi connectivity index (χ1n) is 3.36. The molecule has 58 valence electrons. The minimum atomic E-state index is -0.138. The zero-order chi connectivity index (χ0) is 8.04. The quantitative estimate of drug-likeness (QED) is 0.542. The van der Waals surface area contributed by atoms with E-state index in [1.54, 1.807) is 11.8 Å². The maximum Gasteiger partial charge on any atom is 0.123 e. The van der Waals surface area contributed by atoms with Crippen LogP contribution in [0, 0.1) is 11.4 Å². The van der Waals surface area contributed by atoms with Crippen molar-refractivity contribution in [1.82, 2.24) is 0 Å². The van der Waals surface area contributed by atoms with Gasteiger partial charge >= 0.3 is 0 Å². The van der Waals surface area contributed by atoms with Crippen molar-refractivity contribution in [2.24, 2.45) is 0 Å². The third-order valence-electron chi connectivity index (χ3n) is 0.615. The summed E-state index contributed by atoms with van der Waals surface area (Å²) in [6.45, 7) is 8.02. The van der Waals surface area contributed by atoms with Crippen molar-refractivity contribution in [3.63, 3.8) is 0 Å². The van der Waals surface area contributed by atoms with Crippen LogP contribution in [-0.2, 0) is 4.74 Å². The number of thioether (sulfide) groups is 1. The SMILES string of the molecule is CCSC#COC(C)(C)C. The Hall–Kier alpha value is -0.290. The van der Waals surface area contributed by atoms with Crippen molar-refractivity contribution in [3.05, 3.63) is 0 Å². The lowest BCUT2D eigenvalue weighted by Crippen LogP contribution is -2.15. The van der Waals surface area contributed by atoms with E-state index in [2.05, 4.69) is 18.3 Å². The summed E-state index contributed by atoms with van der Waals surface area (Å²) < 4.78 is 5.15. The molecule has 0 aliphatic rings. The van der Waals surface area contributed by atoms with Crippen LogP contribution in [0.4, 0.5) is 0 Å². The van der Waals surface area contributed by atoms with Crippen molar-refractivity contribution in [1.29, 1.82) is 0 Å². The molecular formula is C8H14OS. The molecule has 0 bridgehead atoms. The number of hydrogen-bond donors (Lipinski definition) is 0. The highest BCUT2D eigenvalue weighted by Crippen LogP contribution is 2.05. The minimum Gasteiger partial charge on any atom is -0.440 e. The third kappa shape index (κ3) is 7.71. The summed E-state index contributed by atoms with van der Waals surface area (Å²) in [7, 11) is 0. The Kier molecular flexibility index (Phi) is 4.38. The van der Waals surface area contributed by atoms with Crippen LogP contribution in [0.1, 0.15) is 27.7 Å². The molecule has 0 aromatic heterocycles. The Morgan fingerprint density at radius 1 is 1.40 bits per heavy atom. The van der Waals surface area contributed by atoms with E-state index < -0.39 is 0 Å². The van der Waals surface area contributed by atoms with E-state index >= 15 is 0 Å². The van der Waals surface area contributed by atoms with Crippen molar-refractivity contribution < 1.29 is 4.74 Å². The van der Waals surface area contributed by atoms with Gasteiger partial charge in [-0.2, -0.15) is 0 Å². The lowest BCUT2D eigenvalue weighted by atomic mass is 10.2. The highest BCUT2D eigenvalue weighted by Gasteiger charge is 2.07. The molecule has 0 radical (unpaired) electrons. The summed E-state index contributed by atoms with van der Waals surface area (Å²) in [4.78, 5) is 0. The van der Waals surface area contributed by atoms with Crippen molar-refractivity contribution in [2.45, 2.75) is 33.3 Å². The predicted octanol–water partition coefficient (Wildman–Crippen LogP) is 2.47. The molecule has 0 amide bonds. The smallest absolute Gasteiger partial charge is 0.123 e. The molecule has 0 atom stereocenters. The monoisotopic (exact) mass is 158 g/mol. The van der Waals surface area contributed by atoms with Gasteiger partial charge in [0.1, 0.15) is 11.7 Å². The van der Waals surface area contributed by atoms with Gasteiger partial charge in [0, 0.05) is 11.0 Å². The average Bonchev–Trinajstić information content (AvgIpc) is 1.78. The summed E-state index contributed by atoms with van der Waals surface area (Å²) in [6.07, 6.45) is 2.64. The first-order chi connectivity index (χ1) is 4.56. The van der Waals surface area contributed by atoms with Gasteiger partial charge in [0.2, 0.25) is 0 Å². The van der Waals surface area contributed by atoms with Gasteiger partial charge in [-0.05, 0) is 20.8 Å². The number of hydrogen-bond acceptors (Lipinski definition) is 2. The van der Waals surface area contributed by atoms with Gasteiger partial charge in [-0.15, -0.1) is 0 Å². The van der Waals surface area contributed by atoms with Gasteiger partial charge in [-0.25, -0.2) is 0 Å². The van der Waals surface area contributed by atoms with Crippen molar-refractivity contribution in [3.8, 4) is 11.4 Å². The highest BCUT2D eigenvalue weighted by atomic mass is 32.2. The van der Waals surface area contributed by atoms with Gasteiger partial charge in [0.05, 0.1) is 0 Å². The molecule has 0 aromatic rings. The van der Waals surface area contributed by atoms with E-state index in [1.165, 1.54) is 0 Å². The van der Waals surface area contributed by atoms with Gasteiger partial charge in [-0.3, -0.25) is 0 Å². The summed E-state index contributed by atoms with van der Waals surface area (Å²) in [5.41, 5.74) is -0.138. The van der Waals surface area contributed by atoms with E-state index in [9.17, 15) is 0 Å². The zero-order valence-electron chi connectivity index (χ0n) is 7.02. The topological polar surface area (TPSA) is 9.23 Å². The van der Waals surface area contributed by atoms with Gasteiger partial charge in [0.15, 0.2) is 0 Å². The molecule has 1 nitrogen and oxygen atoms in total. The molecule has 0 aromatic carbocycles. The van der Waals surface area contributed by atoms with E-state index in [1.807, 2.05) is 20.8 Å². The number of rotatable bonds is 1. The van der Waals surface area contributed by atoms with Crippen LogP contribution in [0.5, 0.6) is 0 Å². The Balaban J connectivity index is 3.46. The molecule has 0 saturated heterocycles. The summed E-state index contributed by atoms with van der Waals surface area (Å²) in [5, 5.41) is 2.84. The van der Waals surface area contributed by atoms with E-state index in [4.69, 9.17) is 4.74 Å². The molecule has 10 heavy (non-hydrogen) atoms. The molecule has 0 unspecified atom stereocenters. The standard InChI is InChI=1S/C8H14OS/c1-5-10-7-6-9-8(2,3)4/h5H2,1-4H3. The lowest BCUT2D eigenvalue weighted by molar-refractivity contribution is 0.0965. The van der Waals surface area contributed by atoms with Crippen LogP contribution >= 0.6 is 11.8 Å². The highest BCUT2D eigenvalue weighted by molar-refractivity contribution is 8.03. The Morgan fingerprint density at radius 2 is 2.00 bits per heavy atom. The number of ether oxygens (including phenoxy) is 1. The maximum absolute atomic E-state index is 5.15. The normalized spacial score (nSPS) is 10.0. The molecule has 0 heterocycles. The van der Waals surface area contributed by atoms with Crippen LogP contribution in [0.2, 0.25) is 0 Å². The largest absolute Gasteiger partial charge is 0.440 e. The first kappa shape index (κ1) is 9.71. The van der Waals surface area contributed by atoms with E-state index in [0.29, 0.717) is 0 Å². The second-order valence-corrected chi connectivity index (χ2v) is 3.92. The average molecular weight is 158 g/mol. The summed E-state index contributed by atoms with van der Waals surface area (Å²) >= 11 is 1.56. The minimum absolute atomic E-state index is 0.138. The van der Waals surface area contributed by atoms with Crippen molar-refractivity contribution in [2.75, 3.05) is 5.75 Å². The molecule has 0 aliphatic carbocycles. The van der Waals surface area contributed by atoms with Crippen LogP contribution < -0.4 is 0 Å². The Morgan fingerprint density at radius 3 is 2.40 bits per heavy atom. The molecule has 0 aliphatic heterocycles. The van der Waals surface area contributed by atoms with Gasteiger partial charge in [-0.1, -0.05) is 18.7 Å². The summed E-state index contributed by atoms with van der Waals surface area (Å²) in [5.74, 6) is 1.01. The fourth-order valence-corrected chi connectivity index (χ4v) is 0.520. The predicted molar refractivity (Wildman–Crippen MR) is 46.7 cm³/mol. The fourth-order valence-electron chi connectivity index (χ4n) is 0.276. The molecular weight excluding hydrogens is 144 g/mol. The van der Waals surface area contributed by atoms with E-state index in [-0.39, 0.29) is 5.60 Å². The molecule has 0 fully saturated rings. The molecule has 0 N–H and O–H groups in total. The molecule has 0 spiro atoms. The van der Waals surface area contributed by atoms with E-state index in [0.717, 1.165) is 5.75 Å². The van der Waals surface area contributed by atoms with Gasteiger partial charge in [0.25, 0.3) is 0 Å². The van der Waals surface area contributed by atoms with Crippen LogP contribution in [0.15, 0.2) is 0 Å². The van der Waals surface area contributed by atoms with Crippen LogP contribution in [0.3, 0.4) is 0 Å². The zero-order valence-corrected chi connectivity index (χ0v) is 7.84. The molecule has 0 saturated carbocycles. The van der Waals surface area contributed by atoms with Crippen LogP contribution in [0.25, 0.3) is 0 Å². The Labute approximate surface area is 67.5 Å². The first-order valence-corrected chi connectivity index (χ1v) is 4.34. The van der Waals surface area contributed by atoms with Gasteiger partial charge < -0.3 is 4.74 Å². The molecule has 2 heteroatoms. The maximum atomic E-state index is 5.15. The summed E-state index contributed by atoms with van der Waals surface area (Å²) in [6, 6.07) is 0. The fraction of sp³-hybridized carbons (Fsp3) is 0.750.